The molecule has 1 heterocycles. The van der Waals surface area contributed by atoms with Gasteiger partial charge in [0.05, 0.1) is 0 Å². The monoisotopic (exact) mass is 289 g/mol. The van der Waals surface area contributed by atoms with Gasteiger partial charge in [0.25, 0.3) is 0 Å². The number of rotatable bonds is 3. The Labute approximate surface area is 127 Å². The van der Waals surface area contributed by atoms with Crippen LogP contribution in [0.2, 0.25) is 0 Å². The Balaban J connectivity index is 1.56. The fraction of sp³-hybridized carbons (Fsp3) is 0.778. The molecule has 4 aliphatic carbocycles. The predicted octanol–water partition coefficient (Wildman–Crippen LogP) is 4.90. The highest BCUT2D eigenvalue weighted by atomic mass is 32.1. The first-order chi connectivity index (χ1) is 9.40. The number of hydrogen-bond donors (Lipinski definition) is 1. The van der Waals surface area contributed by atoms with Crippen LogP contribution in [0.25, 0.3) is 0 Å². The zero-order valence-corrected chi connectivity index (χ0v) is 13.9. The third kappa shape index (κ3) is 2.07. The molecule has 4 fully saturated rings. The third-order valence-corrected chi connectivity index (χ3v) is 7.24. The number of thiophene rings is 1. The van der Waals surface area contributed by atoms with Crippen molar-refractivity contribution in [3.63, 3.8) is 0 Å². The Morgan fingerprint density at radius 2 is 1.85 bits per heavy atom. The lowest BCUT2D eigenvalue weighted by atomic mass is 9.43. The average molecular weight is 289 g/mol. The molecule has 0 spiro atoms. The van der Waals surface area contributed by atoms with Gasteiger partial charge < -0.3 is 5.32 Å². The summed E-state index contributed by atoms with van der Waals surface area (Å²) in [6.45, 7) is 8.45. The quantitative estimate of drug-likeness (QED) is 0.835. The Bertz CT molecular complexity index is 513. The van der Waals surface area contributed by atoms with Gasteiger partial charge in [0.2, 0.25) is 0 Å². The van der Waals surface area contributed by atoms with Crippen LogP contribution in [0.5, 0.6) is 0 Å². The molecule has 2 heteroatoms. The first-order valence-corrected chi connectivity index (χ1v) is 9.06. The van der Waals surface area contributed by atoms with Crippen molar-refractivity contribution in [3.05, 3.63) is 21.9 Å². The van der Waals surface area contributed by atoms with Crippen molar-refractivity contribution in [2.24, 2.45) is 16.7 Å². The molecule has 5 rings (SSSR count). The van der Waals surface area contributed by atoms with Crippen LogP contribution >= 0.6 is 11.3 Å². The molecule has 4 atom stereocenters. The van der Waals surface area contributed by atoms with Crippen LogP contribution < -0.4 is 5.32 Å². The standard InChI is InChI=1S/C18H27NS/c1-13-4-5-20-15(13)9-19-18-8-14-6-16(2,11-18)10-17(3,7-14)12-18/h4-5,14,19H,6-12H2,1-3H3/t14?,16-,17+,18?. The van der Waals surface area contributed by atoms with Gasteiger partial charge in [-0.25, -0.2) is 0 Å². The van der Waals surface area contributed by atoms with Crippen LogP contribution in [0.3, 0.4) is 0 Å². The first-order valence-electron chi connectivity index (χ1n) is 8.18. The van der Waals surface area contributed by atoms with Crippen molar-refractivity contribution in [2.75, 3.05) is 0 Å². The summed E-state index contributed by atoms with van der Waals surface area (Å²) in [4.78, 5) is 1.54. The fourth-order valence-corrected chi connectivity index (χ4v) is 7.34. The van der Waals surface area contributed by atoms with Crippen LogP contribution in [-0.2, 0) is 6.54 Å². The summed E-state index contributed by atoms with van der Waals surface area (Å²) in [6.07, 6.45) is 8.71. The molecule has 4 aliphatic rings. The fourth-order valence-electron chi connectivity index (χ4n) is 6.50. The molecule has 2 unspecified atom stereocenters. The zero-order valence-electron chi connectivity index (χ0n) is 13.1. The maximum absolute atomic E-state index is 4.03. The second kappa shape index (κ2) is 4.10. The summed E-state index contributed by atoms with van der Waals surface area (Å²) in [7, 11) is 0. The van der Waals surface area contributed by atoms with E-state index in [2.05, 4.69) is 37.5 Å². The molecule has 1 nitrogen and oxygen atoms in total. The normalized spacial score (nSPS) is 46.0. The van der Waals surface area contributed by atoms with E-state index in [1.165, 1.54) is 49.0 Å². The van der Waals surface area contributed by atoms with Gasteiger partial charge in [-0.3, -0.25) is 0 Å². The lowest BCUT2D eigenvalue weighted by Crippen LogP contribution is -2.63. The van der Waals surface area contributed by atoms with Crippen molar-refractivity contribution in [2.45, 2.75) is 71.4 Å². The number of nitrogens with one attached hydrogen (secondary N) is 1. The van der Waals surface area contributed by atoms with E-state index >= 15 is 0 Å². The highest BCUT2D eigenvalue weighted by Crippen LogP contribution is 2.66. The van der Waals surface area contributed by atoms with E-state index in [1.807, 2.05) is 11.3 Å². The van der Waals surface area contributed by atoms with Crippen molar-refractivity contribution < 1.29 is 0 Å². The van der Waals surface area contributed by atoms with Gasteiger partial charge in [-0.2, -0.15) is 0 Å². The van der Waals surface area contributed by atoms with Gasteiger partial charge >= 0.3 is 0 Å². The second-order valence-corrected chi connectivity index (χ2v) is 9.79. The Morgan fingerprint density at radius 1 is 1.15 bits per heavy atom. The van der Waals surface area contributed by atoms with E-state index < -0.39 is 0 Å². The smallest absolute Gasteiger partial charge is 0.0307 e. The Kier molecular flexibility index (Phi) is 2.74. The van der Waals surface area contributed by atoms with E-state index in [0.29, 0.717) is 16.4 Å². The summed E-state index contributed by atoms with van der Waals surface area (Å²) in [6, 6.07) is 2.25. The first kappa shape index (κ1) is 13.3. The van der Waals surface area contributed by atoms with Crippen LogP contribution in [0, 0.1) is 23.7 Å². The van der Waals surface area contributed by atoms with E-state index in [4.69, 9.17) is 0 Å². The molecule has 0 amide bonds. The van der Waals surface area contributed by atoms with Crippen LogP contribution in [0.4, 0.5) is 0 Å². The van der Waals surface area contributed by atoms with E-state index in [-0.39, 0.29) is 0 Å². The van der Waals surface area contributed by atoms with Crippen molar-refractivity contribution in [3.8, 4) is 0 Å². The molecular formula is C18H27NS. The van der Waals surface area contributed by atoms with E-state index in [1.54, 1.807) is 0 Å². The molecule has 110 valence electrons. The molecule has 0 aliphatic heterocycles. The molecule has 20 heavy (non-hydrogen) atoms. The SMILES string of the molecule is Cc1ccsc1CNC12CC3C[C@@](C)(C1)C[C@](C)(C3)C2. The molecule has 4 bridgehead atoms. The highest BCUT2D eigenvalue weighted by molar-refractivity contribution is 7.10. The zero-order chi connectivity index (χ0) is 14.0. The minimum Gasteiger partial charge on any atom is -0.306 e. The Hall–Kier alpha value is -0.340. The van der Waals surface area contributed by atoms with Crippen molar-refractivity contribution >= 4 is 11.3 Å². The second-order valence-electron chi connectivity index (χ2n) is 8.79. The maximum atomic E-state index is 4.03. The van der Waals surface area contributed by atoms with Gasteiger partial charge in [-0.15, -0.1) is 11.3 Å². The molecule has 0 saturated heterocycles. The lowest BCUT2D eigenvalue weighted by molar-refractivity contribution is -0.118. The van der Waals surface area contributed by atoms with Gasteiger partial charge in [0, 0.05) is 17.0 Å². The summed E-state index contributed by atoms with van der Waals surface area (Å²) >= 11 is 1.91. The highest BCUT2D eigenvalue weighted by Gasteiger charge is 2.59. The van der Waals surface area contributed by atoms with E-state index in [9.17, 15) is 0 Å². The predicted molar refractivity (Wildman–Crippen MR) is 86.0 cm³/mol. The molecule has 4 saturated carbocycles. The number of hydrogen-bond acceptors (Lipinski definition) is 2. The largest absolute Gasteiger partial charge is 0.306 e. The van der Waals surface area contributed by atoms with Gasteiger partial charge in [0.1, 0.15) is 0 Å². The van der Waals surface area contributed by atoms with E-state index in [0.717, 1.165) is 12.5 Å². The molecule has 1 aromatic heterocycles. The number of aryl methyl sites for hydroxylation is 1. The topological polar surface area (TPSA) is 12.0 Å². The lowest BCUT2D eigenvalue weighted by Gasteiger charge is -2.65. The summed E-state index contributed by atoms with van der Waals surface area (Å²) in [5, 5.41) is 6.26. The van der Waals surface area contributed by atoms with Crippen molar-refractivity contribution in [1.82, 2.24) is 5.32 Å². The molecule has 0 radical (unpaired) electrons. The van der Waals surface area contributed by atoms with Crippen LogP contribution in [0.15, 0.2) is 11.4 Å². The van der Waals surface area contributed by atoms with Crippen molar-refractivity contribution in [1.29, 1.82) is 0 Å². The Morgan fingerprint density at radius 3 is 2.40 bits per heavy atom. The summed E-state index contributed by atoms with van der Waals surface area (Å²) < 4.78 is 0. The van der Waals surface area contributed by atoms with Gasteiger partial charge in [-0.1, -0.05) is 13.8 Å². The minimum absolute atomic E-state index is 0.444. The van der Waals surface area contributed by atoms with Gasteiger partial charge in [-0.05, 0) is 79.2 Å². The molecular weight excluding hydrogens is 262 g/mol. The van der Waals surface area contributed by atoms with Crippen LogP contribution in [-0.4, -0.2) is 5.54 Å². The summed E-state index contributed by atoms with van der Waals surface area (Å²) in [5.41, 5.74) is 3.14. The molecule has 0 aromatic carbocycles. The molecule has 1 aromatic rings. The van der Waals surface area contributed by atoms with Gasteiger partial charge in [0.15, 0.2) is 0 Å². The van der Waals surface area contributed by atoms with Crippen LogP contribution in [0.1, 0.15) is 62.8 Å². The summed E-state index contributed by atoms with van der Waals surface area (Å²) in [5.74, 6) is 0.984. The maximum Gasteiger partial charge on any atom is 0.0307 e. The minimum atomic E-state index is 0.444. The average Bonchev–Trinajstić information content (AvgIpc) is 2.67. The third-order valence-electron chi connectivity index (χ3n) is 6.22. The molecule has 1 N–H and O–H groups in total.